The van der Waals surface area contributed by atoms with E-state index >= 15 is 0 Å². The predicted octanol–water partition coefficient (Wildman–Crippen LogP) is 4.90. The van der Waals surface area contributed by atoms with Crippen LogP contribution in [0.4, 0.5) is 0 Å². The number of aromatic amines is 2. The van der Waals surface area contributed by atoms with E-state index in [0.29, 0.717) is 29.9 Å². The van der Waals surface area contributed by atoms with Gasteiger partial charge in [0.05, 0.1) is 24.3 Å². The van der Waals surface area contributed by atoms with Gasteiger partial charge in [0.15, 0.2) is 0 Å². The number of nitriles is 1. The zero-order valence-corrected chi connectivity index (χ0v) is 24.3. The first kappa shape index (κ1) is 27.5. The number of hydrogen-bond acceptors (Lipinski definition) is 5. The third-order valence-electron chi connectivity index (χ3n) is 8.46. The second-order valence-corrected chi connectivity index (χ2v) is 11.1. The summed E-state index contributed by atoms with van der Waals surface area (Å²) in [6.07, 6.45) is 3.94. The molecule has 1 unspecified atom stereocenters. The number of aromatic nitrogens is 3. The van der Waals surface area contributed by atoms with E-state index in [2.05, 4.69) is 55.9 Å². The highest BCUT2D eigenvalue weighted by atomic mass is 16.5. The van der Waals surface area contributed by atoms with Crippen molar-refractivity contribution in [3.05, 3.63) is 98.4 Å². The Hall–Kier alpha value is -4.65. The number of nitrogens with zero attached hydrogens (tertiary/aromatic N) is 3. The summed E-state index contributed by atoms with van der Waals surface area (Å²) in [5, 5.41) is 13.8. The Morgan fingerprint density at radius 2 is 1.90 bits per heavy atom. The van der Waals surface area contributed by atoms with Gasteiger partial charge in [0.1, 0.15) is 6.07 Å². The van der Waals surface area contributed by atoms with Crippen molar-refractivity contribution < 1.29 is 9.53 Å². The molecule has 0 radical (unpaired) electrons. The van der Waals surface area contributed by atoms with Gasteiger partial charge in [0.2, 0.25) is 0 Å². The molecule has 0 spiro atoms. The number of benzene rings is 1. The maximum atomic E-state index is 13.7. The molecule has 6 rings (SSSR count). The molecule has 5 heterocycles. The summed E-state index contributed by atoms with van der Waals surface area (Å²) in [5.41, 5.74) is 8.67. The molecule has 3 N–H and O–H groups in total. The SMILES string of the molecule is Cc1cc(C)c(CNC(=O)c2cc3cc(-c4cc(C#N)c5[nH]ccc5c4)cn3c(C(C)N3CCOCC3)c2C)c(=O)[nH]1. The Bertz CT molecular complexity index is 1930. The molecule has 1 saturated heterocycles. The molecule has 1 fully saturated rings. The fourth-order valence-corrected chi connectivity index (χ4v) is 6.21. The molecule has 0 saturated carbocycles. The minimum absolute atomic E-state index is 0.0217. The summed E-state index contributed by atoms with van der Waals surface area (Å²) in [6, 6.07) is 14.2. The van der Waals surface area contributed by atoms with Crippen LogP contribution in [0.15, 0.2) is 53.6 Å². The number of fused-ring (bicyclic) bond motifs is 2. The maximum Gasteiger partial charge on any atom is 0.253 e. The van der Waals surface area contributed by atoms with Gasteiger partial charge in [-0.15, -0.1) is 0 Å². The van der Waals surface area contributed by atoms with Gasteiger partial charge in [-0.25, -0.2) is 0 Å². The van der Waals surface area contributed by atoms with E-state index in [1.54, 1.807) is 0 Å². The summed E-state index contributed by atoms with van der Waals surface area (Å²) in [4.78, 5) is 34.6. The predicted molar refractivity (Wildman–Crippen MR) is 163 cm³/mol. The summed E-state index contributed by atoms with van der Waals surface area (Å²) in [5.74, 6) is -0.229. The van der Waals surface area contributed by atoms with E-state index in [1.165, 1.54) is 0 Å². The standard InChI is InChI=1S/C33H34N6O3/c1-19-11-20(2)37-33(41)29(19)17-36-32(40)28-15-27-14-26(24-12-23-5-6-35-30(23)25(13-24)16-34)18-39(27)31(21(28)3)22(4)38-7-9-42-10-8-38/h5-6,11-15,18,22,35H,7-10,17H2,1-4H3,(H,36,40)(H,37,41). The number of amides is 1. The third-order valence-corrected chi connectivity index (χ3v) is 8.46. The van der Waals surface area contributed by atoms with Crippen molar-refractivity contribution in [3.8, 4) is 17.2 Å². The van der Waals surface area contributed by atoms with Gasteiger partial charge in [0, 0.05) is 77.1 Å². The van der Waals surface area contributed by atoms with Crippen LogP contribution in [-0.2, 0) is 11.3 Å². The third kappa shape index (κ3) is 4.89. The highest BCUT2D eigenvalue weighted by Crippen LogP contribution is 2.33. The zero-order valence-electron chi connectivity index (χ0n) is 24.3. The number of ether oxygens (including phenoxy) is 1. The Kier molecular flexibility index (Phi) is 7.19. The molecule has 1 aliphatic rings. The molecule has 42 heavy (non-hydrogen) atoms. The van der Waals surface area contributed by atoms with E-state index in [4.69, 9.17) is 4.74 Å². The number of pyridine rings is 2. The average molecular weight is 563 g/mol. The topological polar surface area (TPSA) is 118 Å². The van der Waals surface area contributed by atoms with Crippen LogP contribution in [0, 0.1) is 32.1 Å². The molecule has 5 aromatic rings. The van der Waals surface area contributed by atoms with Crippen molar-refractivity contribution in [1.29, 1.82) is 5.26 Å². The first-order valence-corrected chi connectivity index (χ1v) is 14.2. The van der Waals surface area contributed by atoms with E-state index in [-0.39, 0.29) is 24.1 Å². The monoisotopic (exact) mass is 562 g/mol. The molecule has 1 aromatic carbocycles. The fourth-order valence-electron chi connectivity index (χ4n) is 6.21. The average Bonchev–Trinajstić information content (AvgIpc) is 3.63. The summed E-state index contributed by atoms with van der Waals surface area (Å²) >= 11 is 0. The van der Waals surface area contributed by atoms with Crippen LogP contribution in [0.5, 0.6) is 0 Å². The smallest absolute Gasteiger partial charge is 0.253 e. The number of carbonyl (C=O) groups excluding carboxylic acids is 1. The van der Waals surface area contributed by atoms with Gasteiger partial charge >= 0.3 is 0 Å². The number of hydrogen-bond donors (Lipinski definition) is 3. The van der Waals surface area contributed by atoms with Gasteiger partial charge in [-0.1, -0.05) is 0 Å². The van der Waals surface area contributed by atoms with E-state index in [0.717, 1.165) is 63.2 Å². The molecule has 4 aromatic heterocycles. The van der Waals surface area contributed by atoms with Crippen LogP contribution in [0.2, 0.25) is 0 Å². The summed E-state index contributed by atoms with van der Waals surface area (Å²) in [6.45, 7) is 11.0. The normalized spacial score (nSPS) is 14.7. The number of rotatable bonds is 6. The lowest BCUT2D eigenvalue weighted by atomic mass is 10.0. The number of nitrogens with one attached hydrogen (secondary N) is 3. The highest BCUT2D eigenvalue weighted by Gasteiger charge is 2.26. The molecular formula is C33H34N6O3. The highest BCUT2D eigenvalue weighted by molar-refractivity contribution is 5.97. The van der Waals surface area contributed by atoms with Crippen molar-refractivity contribution in [2.24, 2.45) is 0 Å². The Morgan fingerprint density at radius 1 is 1.12 bits per heavy atom. The minimum atomic E-state index is -0.229. The molecule has 0 bridgehead atoms. The van der Waals surface area contributed by atoms with Crippen LogP contribution in [0.1, 0.15) is 57.0 Å². The van der Waals surface area contributed by atoms with Crippen molar-refractivity contribution in [3.63, 3.8) is 0 Å². The summed E-state index contributed by atoms with van der Waals surface area (Å²) < 4.78 is 7.78. The van der Waals surface area contributed by atoms with Crippen molar-refractivity contribution >= 4 is 22.3 Å². The van der Waals surface area contributed by atoms with Crippen LogP contribution >= 0.6 is 0 Å². The fraction of sp³-hybridized carbons (Fsp3) is 0.303. The lowest BCUT2D eigenvalue weighted by Crippen LogP contribution is -2.39. The zero-order chi connectivity index (χ0) is 29.5. The van der Waals surface area contributed by atoms with Crippen molar-refractivity contribution in [2.75, 3.05) is 26.3 Å². The largest absolute Gasteiger partial charge is 0.379 e. The molecule has 9 heteroatoms. The number of carbonyl (C=O) groups is 1. The van der Waals surface area contributed by atoms with Gasteiger partial charge in [-0.05, 0) is 80.8 Å². The quantitative estimate of drug-likeness (QED) is 0.272. The van der Waals surface area contributed by atoms with Crippen LogP contribution in [0.25, 0.3) is 27.5 Å². The summed E-state index contributed by atoms with van der Waals surface area (Å²) in [7, 11) is 0. The Morgan fingerprint density at radius 3 is 2.64 bits per heavy atom. The molecule has 1 amide bonds. The van der Waals surface area contributed by atoms with Crippen LogP contribution in [-0.4, -0.2) is 51.5 Å². The van der Waals surface area contributed by atoms with Crippen LogP contribution < -0.4 is 10.9 Å². The molecular weight excluding hydrogens is 528 g/mol. The van der Waals surface area contributed by atoms with E-state index in [9.17, 15) is 14.9 Å². The Labute approximate surface area is 243 Å². The molecule has 0 aliphatic carbocycles. The first-order valence-electron chi connectivity index (χ1n) is 14.2. The second-order valence-electron chi connectivity index (χ2n) is 11.1. The lowest BCUT2D eigenvalue weighted by Gasteiger charge is -2.34. The minimum Gasteiger partial charge on any atom is -0.379 e. The van der Waals surface area contributed by atoms with E-state index in [1.807, 2.05) is 51.2 Å². The lowest BCUT2D eigenvalue weighted by molar-refractivity contribution is 0.0187. The Balaban J connectivity index is 1.44. The molecule has 1 aliphatic heterocycles. The van der Waals surface area contributed by atoms with Crippen molar-refractivity contribution in [2.45, 2.75) is 40.3 Å². The van der Waals surface area contributed by atoms with Crippen molar-refractivity contribution in [1.82, 2.24) is 24.6 Å². The first-order chi connectivity index (χ1) is 20.2. The molecule has 214 valence electrons. The molecule has 1 atom stereocenters. The van der Waals surface area contributed by atoms with Crippen LogP contribution in [0.3, 0.4) is 0 Å². The van der Waals surface area contributed by atoms with Gasteiger partial charge < -0.3 is 24.4 Å². The maximum absolute atomic E-state index is 13.7. The second kappa shape index (κ2) is 11.0. The van der Waals surface area contributed by atoms with Gasteiger partial charge in [-0.3, -0.25) is 14.5 Å². The molecule has 9 nitrogen and oxygen atoms in total. The van der Waals surface area contributed by atoms with Gasteiger partial charge in [-0.2, -0.15) is 5.26 Å². The van der Waals surface area contributed by atoms with Gasteiger partial charge in [0.25, 0.3) is 11.5 Å². The van der Waals surface area contributed by atoms with E-state index < -0.39 is 0 Å². The number of morpholine rings is 1. The number of aryl methyl sites for hydroxylation is 2. The number of H-pyrrole nitrogens is 2.